The van der Waals surface area contributed by atoms with Crippen LogP contribution < -0.4 is 0 Å². The van der Waals surface area contributed by atoms with Gasteiger partial charge in [0.2, 0.25) is 0 Å². The van der Waals surface area contributed by atoms with Crippen LogP contribution in [0.1, 0.15) is 75.8 Å². The van der Waals surface area contributed by atoms with Crippen LogP contribution in [0.4, 0.5) is 13.2 Å². The first kappa shape index (κ1) is 27.0. The van der Waals surface area contributed by atoms with Crippen molar-refractivity contribution in [1.29, 1.82) is 0 Å². The van der Waals surface area contributed by atoms with Crippen molar-refractivity contribution in [3.05, 3.63) is 102 Å². The third-order valence-corrected chi connectivity index (χ3v) is 7.59. The molecule has 0 saturated carbocycles. The molecule has 4 rings (SSSR count). The van der Waals surface area contributed by atoms with Gasteiger partial charge in [-0.05, 0) is 71.9 Å². The van der Waals surface area contributed by atoms with Gasteiger partial charge in [-0.1, -0.05) is 99.7 Å². The van der Waals surface area contributed by atoms with E-state index in [4.69, 9.17) is 0 Å². The molecule has 0 nitrogen and oxygen atoms in total. The van der Waals surface area contributed by atoms with E-state index in [1.807, 2.05) is 12.1 Å². The first-order valence-corrected chi connectivity index (χ1v) is 13.7. The van der Waals surface area contributed by atoms with E-state index in [0.29, 0.717) is 34.6 Å². The van der Waals surface area contributed by atoms with Gasteiger partial charge in [0.05, 0.1) is 0 Å². The van der Waals surface area contributed by atoms with Gasteiger partial charge in [0, 0.05) is 11.1 Å². The first-order chi connectivity index (χ1) is 18.0. The predicted molar refractivity (Wildman–Crippen MR) is 150 cm³/mol. The standard InChI is InChI=1S/C34H37F3/c1-3-5-6-7-8-9-10-28-19-22-31(34(37)33(28)36)27-17-15-26(16-18-27)30-21-20-29(23-32(30)35)25-13-11-24(4-2)12-14-25/h4,13,15-24H,2-3,5-12,14H2,1H3. The number of aryl methyl sites for hydroxylation is 1. The van der Waals surface area contributed by atoms with E-state index in [1.165, 1.54) is 24.8 Å². The molecule has 3 heteroatoms. The summed E-state index contributed by atoms with van der Waals surface area (Å²) in [6.45, 7) is 6.05. The summed E-state index contributed by atoms with van der Waals surface area (Å²) < 4.78 is 44.8. The smallest absolute Gasteiger partial charge is 0.166 e. The second kappa shape index (κ2) is 12.9. The van der Waals surface area contributed by atoms with Gasteiger partial charge in [0.1, 0.15) is 5.82 Å². The average Bonchev–Trinajstić information content (AvgIpc) is 2.93. The molecule has 1 aliphatic rings. The summed E-state index contributed by atoms with van der Waals surface area (Å²) in [5.41, 5.74) is 4.54. The van der Waals surface area contributed by atoms with Crippen LogP contribution in [0, 0.1) is 23.4 Å². The van der Waals surface area contributed by atoms with Crippen molar-refractivity contribution in [2.24, 2.45) is 5.92 Å². The molecule has 0 heterocycles. The van der Waals surface area contributed by atoms with Crippen LogP contribution in [0.25, 0.3) is 27.8 Å². The summed E-state index contributed by atoms with van der Waals surface area (Å²) in [5.74, 6) is -1.35. The van der Waals surface area contributed by atoms with Gasteiger partial charge >= 0.3 is 0 Å². The lowest BCUT2D eigenvalue weighted by Gasteiger charge is -2.19. The molecule has 0 N–H and O–H groups in total. The molecule has 1 unspecified atom stereocenters. The Morgan fingerprint density at radius 2 is 1.43 bits per heavy atom. The van der Waals surface area contributed by atoms with Crippen molar-refractivity contribution in [3.8, 4) is 22.3 Å². The van der Waals surface area contributed by atoms with E-state index < -0.39 is 11.6 Å². The van der Waals surface area contributed by atoms with Crippen LogP contribution in [-0.4, -0.2) is 0 Å². The lowest BCUT2D eigenvalue weighted by molar-refractivity contribution is 0.497. The van der Waals surface area contributed by atoms with Gasteiger partial charge in [0.15, 0.2) is 11.6 Å². The van der Waals surface area contributed by atoms with Crippen LogP contribution in [-0.2, 0) is 6.42 Å². The topological polar surface area (TPSA) is 0 Å². The number of hydrogen-bond acceptors (Lipinski definition) is 0. The Labute approximate surface area is 219 Å². The van der Waals surface area contributed by atoms with E-state index in [-0.39, 0.29) is 11.4 Å². The van der Waals surface area contributed by atoms with Crippen molar-refractivity contribution in [3.63, 3.8) is 0 Å². The van der Waals surface area contributed by atoms with Crippen molar-refractivity contribution < 1.29 is 13.2 Å². The SMILES string of the molecule is C=CC1CC=C(c2ccc(-c3ccc(-c4ccc(CCCCCCCC)c(F)c4F)cc3)c(F)c2)CC1. The van der Waals surface area contributed by atoms with Crippen LogP contribution in [0.2, 0.25) is 0 Å². The Kier molecular flexibility index (Phi) is 9.44. The van der Waals surface area contributed by atoms with Gasteiger partial charge < -0.3 is 0 Å². The molecule has 3 aromatic rings. The fraction of sp³-hybridized carbons (Fsp3) is 0.353. The maximum atomic E-state index is 15.1. The lowest BCUT2D eigenvalue weighted by atomic mass is 9.86. The minimum atomic E-state index is -0.814. The quantitative estimate of drug-likeness (QED) is 0.181. The van der Waals surface area contributed by atoms with Gasteiger partial charge in [-0.2, -0.15) is 0 Å². The molecule has 0 spiro atoms. The zero-order valence-electron chi connectivity index (χ0n) is 21.8. The molecule has 0 amide bonds. The van der Waals surface area contributed by atoms with Gasteiger partial charge in [-0.3, -0.25) is 0 Å². The number of halogens is 3. The highest BCUT2D eigenvalue weighted by Gasteiger charge is 2.17. The average molecular weight is 503 g/mol. The Morgan fingerprint density at radius 3 is 2.08 bits per heavy atom. The Bertz CT molecular complexity index is 1240. The molecule has 3 aromatic carbocycles. The molecular weight excluding hydrogens is 465 g/mol. The van der Waals surface area contributed by atoms with E-state index in [1.54, 1.807) is 48.5 Å². The zero-order chi connectivity index (χ0) is 26.2. The Hall–Kier alpha value is -3.07. The molecule has 0 fully saturated rings. The highest BCUT2D eigenvalue weighted by Crippen LogP contribution is 2.34. The van der Waals surface area contributed by atoms with Gasteiger partial charge in [-0.25, -0.2) is 13.2 Å². The lowest BCUT2D eigenvalue weighted by Crippen LogP contribution is -2.02. The van der Waals surface area contributed by atoms with Gasteiger partial charge in [0.25, 0.3) is 0 Å². The maximum Gasteiger partial charge on any atom is 0.166 e. The molecule has 37 heavy (non-hydrogen) atoms. The molecule has 0 saturated heterocycles. The zero-order valence-corrected chi connectivity index (χ0v) is 21.8. The van der Waals surface area contributed by atoms with E-state index >= 15 is 4.39 Å². The monoisotopic (exact) mass is 502 g/mol. The number of allylic oxidation sites excluding steroid dienone is 3. The molecule has 0 aromatic heterocycles. The summed E-state index contributed by atoms with van der Waals surface area (Å²) in [6, 6.07) is 15.7. The fourth-order valence-corrected chi connectivity index (χ4v) is 5.21. The largest absolute Gasteiger partial charge is 0.206 e. The summed E-state index contributed by atoms with van der Waals surface area (Å²) in [5, 5.41) is 0. The third kappa shape index (κ3) is 6.63. The first-order valence-electron chi connectivity index (χ1n) is 13.7. The van der Waals surface area contributed by atoms with Crippen molar-refractivity contribution in [1.82, 2.24) is 0 Å². The predicted octanol–water partition coefficient (Wildman–Crippen LogP) is 10.7. The molecule has 0 radical (unpaired) electrons. The molecule has 1 atom stereocenters. The summed E-state index contributed by atoms with van der Waals surface area (Å²) in [6.07, 6.45) is 14.3. The van der Waals surface area contributed by atoms with Crippen LogP contribution >= 0.6 is 0 Å². The minimum absolute atomic E-state index is 0.230. The maximum absolute atomic E-state index is 15.1. The normalized spacial score (nSPS) is 15.5. The molecule has 194 valence electrons. The summed E-state index contributed by atoms with van der Waals surface area (Å²) >= 11 is 0. The second-order valence-electron chi connectivity index (χ2n) is 10.2. The third-order valence-electron chi connectivity index (χ3n) is 7.59. The molecule has 0 aliphatic heterocycles. The van der Waals surface area contributed by atoms with Crippen molar-refractivity contribution in [2.75, 3.05) is 0 Å². The molecular formula is C34H37F3. The molecule has 0 bridgehead atoms. The van der Waals surface area contributed by atoms with E-state index in [0.717, 1.165) is 44.1 Å². The van der Waals surface area contributed by atoms with E-state index in [2.05, 4.69) is 19.6 Å². The summed E-state index contributed by atoms with van der Waals surface area (Å²) in [7, 11) is 0. The number of benzene rings is 3. The highest BCUT2D eigenvalue weighted by molar-refractivity contribution is 5.74. The van der Waals surface area contributed by atoms with Crippen LogP contribution in [0.3, 0.4) is 0 Å². The number of hydrogen-bond donors (Lipinski definition) is 0. The second-order valence-corrected chi connectivity index (χ2v) is 10.2. The highest BCUT2D eigenvalue weighted by atomic mass is 19.2. The molecule has 1 aliphatic carbocycles. The Balaban J connectivity index is 1.45. The van der Waals surface area contributed by atoms with Crippen molar-refractivity contribution in [2.45, 2.75) is 71.1 Å². The number of unbranched alkanes of at least 4 members (excludes halogenated alkanes) is 5. The fourth-order valence-electron chi connectivity index (χ4n) is 5.21. The number of rotatable bonds is 11. The van der Waals surface area contributed by atoms with Crippen LogP contribution in [0.5, 0.6) is 0 Å². The van der Waals surface area contributed by atoms with Crippen LogP contribution in [0.15, 0.2) is 73.3 Å². The summed E-state index contributed by atoms with van der Waals surface area (Å²) in [4.78, 5) is 0. The Morgan fingerprint density at radius 1 is 0.784 bits per heavy atom. The van der Waals surface area contributed by atoms with Crippen molar-refractivity contribution >= 4 is 5.57 Å². The minimum Gasteiger partial charge on any atom is -0.206 e. The van der Waals surface area contributed by atoms with Gasteiger partial charge in [-0.15, -0.1) is 6.58 Å². The van der Waals surface area contributed by atoms with E-state index in [9.17, 15) is 8.78 Å².